The smallest absolute Gasteiger partial charge is 0.243 e. The van der Waals surface area contributed by atoms with Crippen molar-refractivity contribution in [2.24, 2.45) is 5.73 Å². The van der Waals surface area contributed by atoms with E-state index in [0.717, 1.165) is 5.52 Å². The SMILES string of the molecule is NCCC1CN(S(=O)(=O)c2ccc3nc[nH]c3c2)CCO1. The number of fused-ring (bicyclic) bond motifs is 1. The fourth-order valence-electron chi connectivity index (χ4n) is 2.50. The zero-order chi connectivity index (χ0) is 14.9. The maximum absolute atomic E-state index is 12.7. The van der Waals surface area contributed by atoms with Crippen molar-refractivity contribution in [1.29, 1.82) is 0 Å². The van der Waals surface area contributed by atoms with Crippen molar-refractivity contribution in [1.82, 2.24) is 14.3 Å². The first-order valence-electron chi connectivity index (χ1n) is 6.86. The van der Waals surface area contributed by atoms with E-state index in [1.165, 1.54) is 4.31 Å². The first-order chi connectivity index (χ1) is 10.1. The summed E-state index contributed by atoms with van der Waals surface area (Å²) in [6, 6.07) is 4.91. The van der Waals surface area contributed by atoms with E-state index in [-0.39, 0.29) is 11.0 Å². The normalized spacial score (nSPS) is 20.9. The maximum Gasteiger partial charge on any atom is 0.243 e. The minimum absolute atomic E-state index is 0.130. The van der Waals surface area contributed by atoms with Crippen LogP contribution in [-0.2, 0) is 14.8 Å². The Labute approximate surface area is 123 Å². The van der Waals surface area contributed by atoms with Crippen molar-refractivity contribution in [3.05, 3.63) is 24.5 Å². The van der Waals surface area contributed by atoms with Gasteiger partial charge in [-0.05, 0) is 31.2 Å². The number of H-pyrrole nitrogens is 1. The van der Waals surface area contributed by atoms with Gasteiger partial charge in [0.2, 0.25) is 10.0 Å². The lowest BCUT2D eigenvalue weighted by atomic mass is 10.2. The van der Waals surface area contributed by atoms with Crippen LogP contribution >= 0.6 is 0 Å². The van der Waals surface area contributed by atoms with Crippen LogP contribution in [0.5, 0.6) is 0 Å². The fourth-order valence-corrected chi connectivity index (χ4v) is 3.98. The van der Waals surface area contributed by atoms with Crippen LogP contribution in [0, 0.1) is 0 Å². The summed E-state index contributed by atoms with van der Waals surface area (Å²) in [7, 11) is -3.52. The molecule has 0 spiro atoms. The highest BCUT2D eigenvalue weighted by molar-refractivity contribution is 7.89. The Morgan fingerprint density at radius 3 is 3.14 bits per heavy atom. The Bertz CT molecular complexity index is 726. The average molecular weight is 310 g/mol. The lowest BCUT2D eigenvalue weighted by molar-refractivity contribution is -0.00405. The van der Waals surface area contributed by atoms with Crippen molar-refractivity contribution in [3.8, 4) is 0 Å². The lowest BCUT2D eigenvalue weighted by Crippen LogP contribution is -2.46. The predicted octanol–water partition coefficient (Wildman–Crippen LogP) is 0.301. The summed E-state index contributed by atoms with van der Waals surface area (Å²) in [6.07, 6.45) is 2.08. The van der Waals surface area contributed by atoms with Crippen molar-refractivity contribution in [2.45, 2.75) is 17.4 Å². The van der Waals surface area contributed by atoms with Crippen molar-refractivity contribution < 1.29 is 13.2 Å². The number of nitrogens with zero attached hydrogens (tertiary/aromatic N) is 2. The van der Waals surface area contributed by atoms with Gasteiger partial charge in [-0.2, -0.15) is 4.31 Å². The maximum atomic E-state index is 12.7. The van der Waals surface area contributed by atoms with Crippen molar-refractivity contribution in [2.75, 3.05) is 26.2 Å². The van der Waals surface area contributed by atoms with Gasteiger partial charge in [0.1, 0.15) is 0 Å². The molecule has 0 bridgehead atoms. The van der Waals surface area contributed by atoms with Gasteiger partial charge in [-0.25, -0.2) is 13.4 Å². The topological polar surface area (TPSA) is 101 Å². The van der Waals surface area contributed by atoms with Gasteiger partial charge in [-0.1, -0.05) is 0 Å². The molecule has 3 rings (SSSR count). The van der Waals surface area contributed by atoms with E-state index in [1.807, 2.05) is 0 Å². The van der Waals surface area contributed by atoms with Gasteiger partial charge in [-0.3, -0.25) is 0 Å². The second kappa shape index (κ2) is 5.72. The summed E-state index contributed by atoms with van der Waals surface area (Å²) < 4.78 is 32.4. The molecule has 0 aliphatic carbocycles. The summed E-state index contributed by atoms with van der Waals surface area (Å²) in [5.41, 5.74) is 6.97. The molecule has 1 aromatic heterocycles. The number of rotatable bonds is 4. The van der Waals surface area contributed by atoms with E-state index < -0.39 is 10.0 Å². The van der Waals surface area contributed by atoms with Gasteiger partial charge in [0.25, 0.3) is 0 Å². The summed E-state index contributed by atoms with van der Waals surface area (Å²) in [5, 5.41) is 0. The molecule has 7 nitrogen and oxygen atoms in total. The second-order valence-electron chi connectivity index (χ2n) is 5.01. The van der Waals surface area contributed by atoms with Gasteiger partial charge >= 0.3 is 0 Å². The standard InChI is InChI=1S/C13H18N4O3S/c14-4-3-10-8-17(5-6-20-10)21(18,19)11-1-2-12-13(7-11)16-9-15-12/h1-2,7,9-10H,3-6,8,14H2,(H,15,16). The highest BCUT2D eigenvalue weighted by Crippen LogP contribution is 2.22. The number of hydrogen-bond acceptors (Lipinski definition) is 5. The monoisotopic (exact) mass is 310 g/mol. The largest absolute Gasteiger partial charge is 0.375 e. The number of nitrogens with one attached hydrogen (secondary N) is 1. The lowest BCUT2D eigenvalue weighted by Gasteiger charge is -2.32. The van der Waals surface area contributed by atoms with Crippen LogP contribution in [0.4, 0.5) is 0 Å². The third kappa shape index (κ3) is 2.80. The molecule has 114 valence electrons. The zero-order valence-corrected chi connectivity index (χ0v) is 12.3. The van der Waals surface area contributed by atoms with Crippen LogP contribution in [0.15, 0.2) is 29.4 Å². The molecule has 0 amide bonds. The summed E-state index contributed by atoms with van der Waals surface area (Å²) in [4.78, 5) is 7.29. The number of hydrogen-bond donors (Lipinski definition) is 2. The first kappa shape index (κ1) is 14.5. The van der Waals surface area contributed by atoms with E-state index in [2.05, 4.69) is 9.97 Å². The molecule has 1 saturated heterocycles. The highest BCUT2D eigenvalue weighted by Gasteiger charge is 2.30. The number of morpholine rings is 1. The average Bonchev–Trinajstić information content (AvgIpc) is 2.95. The van der Waals surface area contributed by atoms with Gasteiger partial charge in [-0.15, -0.1) is 0 Å². The van der Waals surface area contributed by atoms with E-state index >= 15 is 0 Å². The quantitative estimate of drug-likeness (QED) is 0.846. The number of aromatic nitrogens is 2. The molecule has 1 aliphatic rings. The second-order valence-corrected chi connectivity index (χ2v) is 6.95. The zero-order valence-electron chi connectivity index (χ0n) is 11.5. The number of benzene rings is 1. The van der Waals surface area contributed by atoms with Crippen LogP contribution in [-0.4, -0.2) is 55.0 Å². The van der Waals surface area contributed by atoms with Gasteiger partial charge in [0.15, 0.2) is 0 Å². The molecule has 3 N–H and O–H groups in total. The molecule has 1 aromatic carbocycles. The molecule has 1 fully saturated rings. The van der Waals surface area contributed by atoms with Crippen LogP contribution in [0.25, 0.3) is 11.0 Å². The molecule has 2 aromatic rings. The van der Waals surface area contributed by atoms with Gasteiger partial charge in [0.05, 0.1) is 35.0 Å². The van der Waals surface area contributed by atoms with Crippen LogP contribution in [0.2, 0.25) is 0 Å². The molecule has 1 aliphatic heterocycles. The Hall–Kier alpha value is -1.48. The van der Waals surface area contributed by atoms with E-state index in [9.17, 15) is 8.42 Å². The molecule has 0 saturated carbocycles. The Kier molecular flexibility index (Phi) is 3.94. The molecule has 1 unspecified atom stereocenters. The van der Waals surface area contributed by atoms with Crippen LogP contribution in [0.1, 0.15) is 6.42 Å². The minimum Gasteiger partial charge on any atom is -0.375 e. The number of imidazole rings is 1. The highest BCUT2D eigenvalue weighted by atomic mass is 32.2. The Morgan fingerprint density at radius 2 is 2.33 bits per heavy atom. The van der Waals surface area contributed by atoms with Crippen molar-refractivity contribution >= 4 is 21.1 Å². The number of sulfonamides is 1. The molecule has 2 heterocycles. The van der Waals surface area contributed by atoms with Crippen LogP contribution < -0.4 is 5.73 Å². The molecule has 21 heavy (non-hydrogen) atoms. The molecule has 8 heteroatoms. The molecular formula is C13H18N4O3S. The summed E-state index contributed by atoms with van der Waals surface area (Å²) >= 11 is 0. The molecular weight excluding hydrogens is 292 g/mol. The summed E-state index contributed by atoms with van der Waals surface area (Å²) in [6.45, 7) is 1.60. The summed E-state index contributed by atoms with van der Waals surface area (Å²) in [5.74, 6) is 0. The molecule has 1 atom stereocenters. The predicted molar refractivity (Wildman–Crippen MR) is 78.3 cm³/mol. The van der Waals surface area contributed by atoms with E-state index in [0.29, 0.717) is 38.2 Å². The number of ether oxygens (including phenoxy) is 1. The number of aromatic amines is 1. The van der Waals surface area contributed by atoms with Gasteiger partial charge in [0, 0.05) is 13.1 Å². The first-order valence-corrected chi connectivity index (χ1v) is 8.30. The minimum atomic E-state index is -3.52. The molecule has 0 radical (unpaired) electrons. The third-order valence-corrected chi connectivity index (χ3v) is 5.48. The van der Waals surface area contributed by atoms with E-state index in [4.69, 9.17) is 10.5 Å². The Morgan fingerprint density at radius 1 is 1.48 bits per heavy atom. The van der Waals surface area contributed by atoms with Crippen molar-refractivity contribution in [3.63, 3.8) is 0 Å². The number of nitrogens with two attached hydrogens (primary N) is 1. The third-order valence-electron chi connectivity index (χ3n) is 3.62. The van der Waals surface area contributed by atoms with E-state index in [1.54, 1.807) is 24.5 Å². The van der Waals surface area contributed by atoms with Crippen LogP contribution in [0.3, 0.4) is 0 Å². The Balaban J connectivity index is 1.88. The fraction of sp³-hybridized carbons (Fsp3) is 0.462. The van der Waals surface area contributed by atoms with Gasteiger partial charge < -0.3 is 15.5 Å².